The zero-order valence-corrected chi connectivity index (χ0v) is 15.7. The second-order valence-corrected chi connectivity index (χ2v) is 6.94. The molecule has 0 aliphatic carbocycles. The van der Waals surface area contributed by atoms with Crippen molar-refractivity contribution in [3.63, 3.8) is 0 Å². The minimum absolute atomic E-state index is 0.0574. The molecule has 26 heavy (non-hydrogen) atoms. The van der Waals surface area contributed by atoms with Gasteiger partial charge in [0, 0.05) is 36.5 Å². The average molecular weight is 379 g/mol. The van der Waals surface area contributed by atoms with Gasteiger partial charge in [0.2, 0.25) is 5.91 Å². The van der Waals surface area contributed by atoms with Crippen molar-refractivity contribution in [3.8, 4) is 11.3 Å². The molecule has 2 rings (SSSR count). The Morgan fingerprint density at radius 2 is 1.92 bits per heavy atom. The molecule has 0 unspecified atom stereocenters. The lowest BCUT2D eigenvalue weighted by Gasteiger charge is -2.23. The molecule has 1 aromatic carbocycles. The number of hydrogen-bond acceptors (Lipinski definition) is 4. The fraction of sp³-hybridized carbons (Fsp3) is 0.421. The van der Waals surface area contributed by atoms with Gasteiger partial charge in [0.15, 0.2) is 11.7 Å². The highest BCUT2D eigenvalue weighted by atomic mass is 35.5. The minimum Gasteiger partial charge on any atom is -0.481 e. The quantitative estimate of drug-likeness (QED) is 0.715. The second kappa shape index (κ2) is 9.38. The molecule has 1 amide bonds. The van der Waals surface area contributed by atoms with E-state index in [0.29, 0.717) is 29.6 Å². The van der Waals surface area contributed by atoms with Crippen LogP contribution >= 0.6 is 11.6 Å². The van der Waals surface area contributed by atoms with E-state index in [2.05, 4.69) is 4.98 Å². The van der Waals surface area contributed by atoms with Crippen LogP contribution in [0.2, 0.25) is 5.02 Å². The summed E-state index contributed by atoms with van der Waals surface area (Å²) in [6.45, 7) is 4.74. The molecule has 1 N–H and O–H groups in total. The molecule has 0 saturated heterocycles. The van der Waals surface area contributed by atoms with Crippen LogP contribution in [-0.4, -0.2) is 40.0 Å². The summed E-state index contributed by atoms with van der Waals surface area (Å²) in [6.07, 6.45) is 2.17. The first-order valence-electron chi connectivity index (χ1n) is 8.55. The number of carbonyl (C=O) groups excluding carboxylic acids is 1. The Hall–Kier alpha value is -2.34. The van der Waals surface area contributed by atoms with E-state index < -0.39 is 5.97 Å². The minimum atomic E-state index is -0.910. The van der Waals surface area contributed by atoms with Gasteiger partial charge in [-0.3, -0.25) is 9.59 Å². The summed E-state index contributed by atoms with van der Waals surface area (Å²) < 4.78 is 5.70. The fourth-order valence-electron chi connectivity index (χ4n) is 2.53. The van der Waals surface area contributed by atoms with Gasteiger partial charge in [-0.25, -0.2) is 4.98 Å². The number of halogens is 1. The fourth-order valence-corrected chi connectivity index (χ4v) is 2.66. The Kier molecular flexibility index (Phi) is 7.21. The largest absolute Gasteiger partial charge is 0.481 e. The lowest BCUT2D eigenvalue weighted by molar-refractivity contribution is -0.138. The third-order valence-corrected chi connectivity index (χ3v) is 4.02. The van der Waals surface area contributed by atoms with E-state index in [0.717, 1.165) is 5.56 Å². The lowest BCUT2D eigenvalue weighted by Crippen LogP contribution is -2.36. The SMILES string of the molecule is CC(C)CN(CCC(=O)O)C(=O)CCc1ncc(-c2ccc(Cl)cc2)o1. The molecule has 7 heteroatoms. The van der Waals surface area contributed by atoms with Crippen LogP contribution in [0.1, 0.15) is 32.6 Å². The Labute approximate surface area is 157 Å². The number of hydrogen-bond donors (Lipinski definition) is 1. The number of carboxylic acids is 1. The van der Waals surface area contributed by atoms with E-state index >= 15 is 0 Å². The molecule has 0 fully saturated rings. The maximum absolute atomic E-state index is 12.4. The van der Waals surface area contributed by atoms with Crippen molar-refractivity contribution in [1.82, 2.24) is 9.88 Å². The molecule has 6 nitrogen and oxygen atoms in total. The van der Waals surface area contributed by atoms with Crippen LogP contribution in [0.15, 0.2) is 34.9 Å². The first kappa shape index (κ1) is 20.0. The lowest BCUT2D eigenvalue weighted by atomic mass is 10.1. The van der Waals surface area contributed by atoms with Crippen molar-refractivity contribution in [2.75, 3.05) is 13.1 Å². The number of benzene rings is 1. The molecule has 0 spiro atoms. The summed E-state index contributed by atoms with van der Waals surface area (Å²) in [5.74, 6) is 0.365. The maximum atomic E-state index is 12.4. The topological polar surface area (TPSA) is 83.6 Å². The Morgan fingerprint density at radius 1 is 1.23 bits per heavy atom. The zero-order valence-electron chi connectivity index (χ0n) is 14.9. The summed E-state index contributed by atoms with van der Waals surface area (Å²) in [4.78, 5) is 29.0. The van der Waals surface area contributed by atoms with Crippen molar-refractivity contribution < 1.29 is 19.1 Å². The van der Waals surface area contributed by atoms with E-state index in [1.165, 1.54) is 0 Å². The number of aromatic nitrogens is 1. The molecule has 1 aromatic heterocycles. The molecule has 0 radical (unpaired) electrons. The first-order chi connectivity index (χ1) is 12.3. The third kappa shape index (κ3) is 6.19. The van der Waals surface area contributed by atoms with E-state index in [9.17, 15) is 9.59 Å². The molecule has 0 bridgehead atoms. The number of carbonyl (C=O) groups is 2. The Morgan fingerprint density at radius 3 is 2.54 bits per heavy atom. The molecule has 0 aliphatic heterocycles. The van der Waals surface area contributed by atoms with Crippen LogP contribution in [0.4, 0.5) is 0 Å². The molecular formula is C19H23ClN2O4. The predicted molar refractivity (Wildman–Crippen MR) is 98.9 cm³/mol. The van der Waals surface area contributed by atoms with E-state index in [-0.39, 0.29) is 31.2 Å². The Balaban J connectivity index is 1.94. The predicted octanol–water partition coefficient (Wildman–Crippen LogP) is 3.89. The highest BCUT2D eigenvalue weighted by molar-refractivity contribution is 6.30. The van der Waals surface area contributed by atoms with Gasteiger partial charge in [-0.2, -0.15) is 0 Å². The van der Waals surface area contributed by atoms with E-state index in [1.54, 1.807) is 23.2 Å². The number of carboxylic acid groups (broad SMARTS) is 1. The summed E-state index contributed by atoms with van der Waals surface area (Å²) in [5, 5.41) is 9.49. The maximum Gasteiger partial charge on any atom is 0.305 e. The summed E-state index contributed by atoms with van der Waals surface area (Å²) in [5.41, 5.74) is 0.863. The van der Waals surface area contributed by atoms with Crippen molar-refractivity contribution in [2.45, 2.75) is 33.1 Å². The van der Waals surface area contributed by atoms with Crippen molar-refractivity contribution in [2.24, 2.45) is 5.92 Å². The second-order valence-electron chi connectivity index (χ2n) is 6.50. The van der Waals surface area contributed by atoms with Crippen molar-refractivity contribution in [3.05, 3.63) is 41.4 Å². The van der Waals surface area contributed by atoms with Gasteiger partial charge >= 0.3 is 5.97 Å². The monoisotopic (exact) mass is 378 g/mol. The molecular weight excluding hydrogens is 356 g/mol. The molecule has 140 valence electrons. The van der Waals surface area contributed by atoms with E-state index in [1.807, 2.05) is 26.0 Å². The number of amides is 1. The van der Waals surface area contributed by atoms with Crippen LogP contribution < -0.4 is 0 Å². The van der Waals surface area contributed by atoms with Gasteiger partial charge in [-0.1, -0.05) is 25.4 Å². The first-order valence-corrected chi connectivity index (χ1v) is 8.93. The van der Waals surface area contributed by atoms with E-state index in [4.69, 9.17) is 21.1 Å². The van der Waals surface area contributed by atoms with Crippen LogP contribution in [0.25, 0.3) is 11.3 Å². The Bertz CT molecular complexity index is 740. The van der Waals surface area contributed by atoms with Gasteiger partial charge in [-0.15, -0.1) is 0 Å². The highest BCUT2D eigenvalue weighted by Gasteiger charge is 2.17. The normalized spacial score (nSPS) is 10.9. The zero-order chi connectivity index (χ0) is 19.1. The van der Waals surface area contributed by atoms with Gasteiger partial charge in [0.05, 0.1) is 12.6 Å². The molecule has 2 aromatic rings. The van der Waals surface area contributed by atoms with Crippen LogP contribution in [0, 0.1) is 5.92 Å². The third-order valence-electron chi connectivity index (χ3n) is 3.77. The number of oxazole rings is 1. The number of aryl methyl sites for hydroxylation is 1. The van der Waals surface area contributed by atoms with Crippen molar-refractivity contribution >= 4 is 23.5 Å². The number of nitrogens with zero attached hydrogens (tertiary/aromatic N) is 2. The van der Waals surface area contributed by atoms with Crippen LogP contribution in [0.3, 0.4) is 0 Å². The standard InChI is InChI=1S/C19H23ClN2O4/c1-13(2)12-22(10-9-19(24)25)18(23)8-7-17-21-11-16(26-17)14-3-5-15(20)6-4-14/h3-6,11,13H,7-10,12H2,1-2H3,(H,24,25). The van der Waals surface area contributed by atoms with Gasteiger partial charge in [0.25, 0.3) is 0 Å². The number of rotatable bonds is 9. The van der Waals surface area contributed by atoms with Crippen LogP contribution in [0.5, 0.6) is 0 Å². The molecule has 1 heterocycles. The molecule has 0 atom stereocenters. The molecule has 0 aliphatic rings. The summed E-state index contributed by atoms with van der Waals surface area (Å²) >= 11 is 5.87. The molecule has 0 saturated carbocycles. The number of aliphatic carboxylic acids is 1. The smallest absolute Gasteiger partial charge is 0.305 e. The highest BCUT2D eigenvalue weighted by Crippen LogP contribution is 2.22. The van der Waals surface area contributed by atoms with Gasteiger partial charge < -0.3 is 14.4 Å². The van der Waals surface area contributed by atoms with Gasteiger partial charge in [0.1, 0.15) is 0 Å². The summed E-state index contributed by atoms with van der Waals surface area (Å²) in [6, 6.07) is 7.23. The summed E-state index contributed by atoms with van der Waals surface area (Å²) in [7, 11) is 0. The van der Waals surface area contributed by atoms with Crippen LogP contribution in [-0.2, 0) is 16.0 Å². The van der Waals surface area contributed by atoms with Crippen molar-refractivity contribution in [1.29, 1.82) is 0 Å². The van der Waals surface area contributed by atoms with Gasteiger partial charge in [-0.05, 0) is 30.2 Å². The average Bonchev–Trinajstić information content (AvgIpc) is 3.05.